The maximum atomic E-state index is 13.9. The summed E-state index contributed by atoms with van der Waals surface area (Å²) in [6, 6.07) is 27.8. The summed E-state index contributed by atoms with van der Waals surface area (Å²) >= 11 is 0. The van der Waals surface area contributed by atoms with Crippen LogP contribution in [0.25, 0.3) is 0 Å². The van der Waals surface area contributed by atoms with Crippen molar-refractivity contribution in [2.45, 2.75) is 30.4 Å². The first-order valence-corrected chi connectivity index (χ1v) is 16.4. The lowest BCUT2D eigenvalue weighted by atomic mass is 10.0. The van der Waals surface area contributed by atoms with Gasteiger partial charge in [-0.2, -0.15) is 0 Å². The maximum absolute atomic E-state index is 13.9. The van der Waals surface area contributed by atoms with E-state index in [9.17, 15) is 26.8 Å². The summed E-state index contributed by atoms with van der Waals surface area (Å²) in [7, 11) is -3.98. The molecule has 12 heteroatoms. The van der Waals surface area contributed by atoms with E-state index in [0.717, 1.165) is 23.3 Å². The van der Waals surface area contributed by atoms with Crippen molar-refractivity contribution in [3.63, 3.8) is 0 Å². The van der Waals surface area contributed by atoms with Gasteiger partial charge >= 0.3 is 0 Å². The van der Waals surface area contributed by atoms with E-state index in [2.05, 4.69) is 15.0 Å². The van der Waals surface area contributed by atoms with Crippen molar-refractivity contribution in [2.24, 2.45) is 0 Å². The molecule has 2 N–H and O–H groups in total. The summed E-state index contributed by atoms with van der Waals surface area (Å²) in [6.07, 6.45) is 3.46. The number of ether oxygens (including phenoxy) is 1. The molecule has 0 fully saturated rings. The maximum Gasteiger partial charge on any atom is 0.261 e. The molecule has 0 aliphatic rings. The minimum absolute atomic E-state index is 0.00742. The first kappa shape index (κ1) is 33.7. The zero-order valence-corrected chi connectivity index (χ0v) is 26.4. The van der Waals surface area contributed by atoms with Crippen molar-refractivity contribution in [1.29, 1.82) is 0 Å². The Labute approximate surface area is 277 Å². The molecule has 0 spiro atoms. The summed E-state index contributed by atoms with van der Waals surface area (Å²) in [5.41, 5.74) is 2.40. The number of amides is 2. The molecular weight excluding hydrogens is 638 g/mol. The van der Waals surface area contributed by atoms with Gasteiger partial charge in [0.25, 0.3) is 15.9 Å². The third-order valence-electron chi connectivity index (χ3n) is 7.32. The second-order valence-corrected chi connectivity index (χ2v) is 12.5. The predicted octanol–water partition coefficient (Wildman–Crippen LogP) is 5.50. The largest absolute Gasteiger partial charge is 0.484 e. The monoisotopic (exact) mass is 670 g/mol. The summed E-state index contributed by atoms with van der Waals surface area (Å²) in [4.78, 5) is 33.0. The van der Waals surface area contributed by atoms with E-state index in [-0.39, 0.29) is 35.8 Å². The Morgan fingerprint density at radius 2 is 1.42 bits per heavy atom. The van der Waals surface area contributed by atoms with Crippen molar-refractivity contribution in [2.75, 3.05) is 11.3 Å². The van der Waals surface area contributed by atoms with E-state index >= 15 is 0 Å². The van der Waals surface area contributed by atoms with Gasteiger partial charge in [-0.1, -0.05) is 48.5 Å². The standard InChI is InChI=1S/C36H32F2N4O5S/c37-29-10-8-27(9-11-29)24-42(34(21-26-5-2-1-3-6-26)36(44)40-23-28-7-4-20-39-22-28)35(43)25-47-32-16-18-33(19-17-32)48(45,46)41-31-14-12-30(38)13-15-31/h1-20,22,34,41H,21,23-25H2,(H,40,44)/t34-/m1/s1. The van der Waals surface area contributed by atoms with Crippen molar-refractivity contribution in [3.05, 3.63) is 156 Å². The molecule has 246 valence electrons. The zero-order chi connectivity index (χ0) is 33.9. The van der Waals surface area contributed by atoms with Crippen LogP contribution in [0.2, 0.25) is 0 Å². The van der Waals surface area contributed by atoms with Gasteiger partial charge in [-0.25, -0.2) is 17.2 Å². The van der Waals surface area contributed by atoms with Gasteiger partial charge in [0, 0.05) is 37.6 Å². The van der Waals surface area contributed by atoms with Gasteiger partial charge in [-0.05, 0) is 83.4 Å². The second-order valence-electron chi connectivity index (χ2n) is 10.8. The molecule has 0 aliphatic carbocycles. The van der Waals surface area contributed by atoms with E-state index < -0.39 is 46.1 Å². The molecule has 5 aromatic rings. The Kier molecular flexibility index (Phi) is 11.1. The van der Waals surface area contributed by atoms with Crippen molar-refractivity contribution in [1.82, 2.24) is 15.2 Å². The Morgan fingerprint density at radius 3 is 2.06 bits per heavy atom. The summed E-state index contributed by atoms with van der Waals surface area (Å²) < 4.78 is 60.7. The normalized spacial score (nSPS) is 11.7. The van der Waals surface area contributed by atoms with Gasteiger partial charge in [0.15, 0.2) is 6.61 Å². The number of carbonyl (C=O) groups excluding carboxylic acids is 2. The lowest BCUT2D eigenvalue weighted by Crippen LogP contribution is -2.51. The van der Waals surface area contributed by atoms with Gasteiger partial charge in [0.1, 0.15) is 23.4 Å². The Morgan fingerprint density at radius 1 is 0.771 bits per heavy atom. The minimum Gasteiger partial charge on any atom is -0.484 e. The molecule has 0 saturated heterocycles. The number of nitrogens with one attached hydrogen (secondary N) is 2. The molecule has 2 amide bonds. The van der Waals surface area contributed by atoms with E-state index in [1.807, 2.05) is 36.4 Å². The number of nitrogens with zero attached hydrogens (tertiary/aromatic N) is 2. The quantitative estimate of drug-likeness (QED) is 0.161. The Hall–Kier alpha value is -5.62. The topological polar surface area (TPSA) is 118 Å². The highest BCUT2D eigenvalue weighted by Gasteiger charge is 2.31. The van der Waals surface area contributed by atoms with Gasteiger partial charge in [0.05, 0.1) is 4.90 Å². The van der Waals surface area contributed by atoms with Crippen LogP contribution in [-0.4, -0.2) is 42.8 Å². The average molecular weight is 671 g/mol. The molecule has 0 saturated carbocycles. The SMILES string of the molecule is O=C(NCc1cccnc1)[C@@H](Cc1ccccc1)N(Cc1ccc(F)cc1)C(=O)COc1ccc(S(=O)(=O)Nc2ccc(F)cc2)cc1. The molecule has 5 rings (SSSR count). The predicted molar refractivity (Wildman–Crippen MR) is 176 cm³/mol. The number of hydrogen-bond donors (Lipinski definition) is 2. The van der Waals surface area contributed by atoms with E-state index in [0.29, 0.717) is 5.56 Å². The zero-order valence-electron chi connectivity index (χ0n) is 25.6. The molecule has 0 bridgehead atoms. The fourth-order valence-electron chi connectivity index (χ4n) is 4.83. The number of sulfonamides is 1. The van der Waals surface area contributed by atoms with Crippen LogP contribution in [-0.2, 0) is 39.1 Å². The highest BCUT2D eigenvalue weighted by molar-refractivity contribution is 7.92. The molecule has 9 nitrogen and oxygen atoms in total. The molecular formula is C36H32F2N4O5S. The van der Waals surface area contributed by atoms with Crippen LogP contribution in [0.3, 0.4) is 0 Å². The molecule has 0 aliphatic heterocycles. The highest BCUT2D eigenvalue weighted by Crippen LogP contribution is 2.21. The lowest BCUT2D eigenvalue weighted by molar-refractivity contribution is -0.142. The first-order valence-electron chi connectivity index (χ1n) is 14.9. The van der Waals surface area contributed by atoms with Gasteiger partial charge in [-0.15, -0.1) is 0 Å². The molecule has 1 atom stereocenters. The summed E-state index contributed by atoms with van der Waals surface area (Å²) in [5, 5.41) is 2.91. The van der Waals surface area contributed by atoms with Crippen molar-refractivity contribution >= 4 is 27.5 Å². The van der Waals surface area contributed by atoms with Gasteiger partial charge in [-0.3, -0.25) is 19.3 Å². The number of hydrogen-bond acceptors (Lipinski definition) is 6. The van der Waals surface area contributed by atoms with Crippen LogP contribution in [0.1, 0.15) is 16.7 Å². The van der Waals surface area contributed by atoms with E-state index in [1.165, 1.54) is 53.4 Å². The molecule has 0 unspecified atom stereocenters. The van der Waals surface area contributed by atoms with E-state index in [1.54, 1.807) is 30.6 Å². The second kappa shape index (κ2) is 15.8. The van der Waals surface area contributed by atoms with Crippen LogP contribution < -0.4 is 14.8 Å². The summed E-state index contributed by atoms with van der Waals surface area (Å²) in [5.74, 6) is -1.64. The third kappa shape index (κ3) is 9.46. The van der Waals surface area contributed by atoms with Crippen LogP contribution in [0.15, 0.2) is 133 Å². The number of rotatable bonds is 14. The van der Waals surface area contributed by atoms with Crippen LogP contribution >= 0.6 is 0 Å². The average Bonchev–Trinajstić information content (AvgIpc) is 3.10. The van der Waals surface area contributed by atoms with Crippen LogP contribution in [0.4, 0.5) is 14.5 Å². The Balaban J connectivity index is 1.34. The van der Waals surface area contributed by atoms with Crippen molar-refractivity contribution < 1.29 is 31.5 Å². The number of benzene rings is 4. The molecule has 0 radical (unpaired) electrons. The number of carbonyl (C=O) groups is 2. The van der Waals surface area contributed by atoms with Crippen LogP contribution in [0, 0.1) is 11.6 Å². The Bertz CT molecular complexity index is 1910. The lowest BCUT2D eigenvalue weighted by Gasteiger charge is -2.31. The van der Waals surface area contributed by atoms with Gasteiger partial charge < -0.3 is 15.0 Å². The van der Waals surface area contributed by atoms with Gasteiger partial charge in [0.2, 0.25) is 5.91 Å². The third-order valence-corrected chi connectivity index (χ3v) is 8.72. The molecule has 48 heavy (non-hydrogen) atoms. The molecule has 4 aromatic carbocycles. The summed E-state index contributed by atoms with van der Waals surface area (Å²) in [6.45, 7) is -0.285. The minimum atomic E-state index is -3.98. The number of pyridine rings is 1. The molecule has 1 heterocycles. The first-order chi connectivity index (χ1) is 23.2. The van der Waals surface area contributed by atoms with Crippen molar-refractivity contribution in [3.8, 4) is 5.75 Å². The number of halogens is 2. The highest BCUT2D eigenvalue weighted by atomic mass is 32.2. The fourth-order valence-corrected chi connectivity index (χ4v) is 5.88. The van der Waals surface area contributed by atoms with Crippen LogP contribution in [0.5, 0.6) is 5.75 Å². The number of anilines is 1. The fraction of sp³-hybridized carbons (Fsp3) is 0.139. The number of aromatic nitrogens is 1. The smallest absolute Gasteiger partial charge is 0.261 e. The van der Waals surface area contributed by atoms with E-state index in [4.69, 9.17) is 4.74 Å². The molecule has 1 aromatic heterocycles.